The SMILES string of the molecule is Cl.N[C@@H](c1c(Cl)ccc(Cl)c1Cl)[C@H](O)C1CCCC1. The molecule has 1 saturated carbocycles. The third-order valence-electron chi connectivity index (χ3n) is 3.66. The van der Waals surface area contributed by atoms with Crippen LogP contribution in [0.5, 0.6) is 0 Å². The summed E-state index contributed by atoms with van der Waals surface area (Å²) in [5.74, 6) is 0.228. The van der Waals surface area contributed by atoms with Crippen molar-refractivity contribution in [3.05, 3.63) is 32.8 Å². The van der Waals surface area contributed by atoms with Crippen molar-refractivity contribution >= 4 is 47.2 Å². The molecular formula is C13H17Cl4NO. The molecule has 0 amide bonds. The summed E-state index contributed by atoms with van der Waals surface area (Å²) in [6.45, 7) is 0. The van der Waals surface area contributed by atoms with Crippen LogP contribution in [-0.4, -0.2) is 11.2 Å². The largest absolute Gasteiger partial charge is 0.391 e. The van der Waals surface area contributed by atoms with Crippen LogP contribution in [0, 0.1) is 5.92 Å². The fraction of sp³-hybridized carbons (Fsp3) is 0.538. The number of rotatable bonds is 3. The number of benzene rings is 1. The minimum absolute atomic E-state index is 0. The van der Waals surface area contributed by atoms with Gasteiger partial charge in [-0.1, -0.05) is 47.6 Å². The molecule has 0 spiro atoms. The molecule has 2 nitrogen and oxygen atoms in total. The summed E-state index contributed by atoms with van der Waals surface area (Å²) in [5.41, 5.74) is 6.66. The molecule has 0 aliphatic heterocycles. The van der Waals surface area contributed by atoms with Crippen LogP contribution in [0.25, 0.3) is 0 Å². The first-order chi connectivity index (χ1) is 8.52. The van der Waals surface area contributed by atoms with Crippen molar-refractivity contribution in [1.82, 2.24) is 0 Å². The second-order valence-corrected chi connectivity index (χ2v) is 6.01. The van der Waals surface area contributed by atoms with Gasteiger partial charge < -0.3 is 10.8 Å². The van der Waals surface area contributed by atoms with E-state index in [2.05, 4.69) is 0 Å². The van der Waals surface area contributed by atoms with Crippen LogP contribution in [0.4, 0.5) is 0 Å². The second-order valence-electron chi connectivity index (χ2n) is 4.82. The van der Waals surface area contributed by atoms with E-state index >= 15 is 0 Å². The van der Waals surface area contributed by atoms with Gasteiger partial charge in [0, 0.05) is 10.6 Å². The van der Waals surface area contributed by atoms with Crippen LogP contribution in [0.3, 0.4) is 0 Å². The summed E-state index contributed by atoms with van der Waals surface area (Å²) in [7, 11) is 0. The van der Waals surface area contributed by atoms with Gasteiger partial charge in [0.1, 0.15) is 0 Å². The quantitative estimate of drug-likeness (QED) is 0.786. The van der Waals surface area contributed by atoms with Crippen LogP contribution in [0.1, 0.15) is 37.3 Å². The number of aliphatic hydroxyl groups excluding tert-OH is 1. The van der Waals surface area contributed by atoms with E-state index in [4.69, 9.17) is 40.5 Å². The Morgan fingerprint density at radius 3 is 2.21 bits per heavy atom. The predicted molar refractivity (Wildman–Crippen MR) is 83.6 cm³/mol. The second kappa shape index (κ2) is 7.35. The summed E-state index contributed by atoms with van der Waals surface area (Å²) in [6.07, 6.45) is 3.67. The first-order valence-corrected chi connectivity index (χ1v) is 7.22. The smallest absolute Gasteiger partial charge is 0.0761 e. The molecule has 0 radical (unpaired) electrons. The zero-order chi connectivity index (χ0) is 13.3. The molecule has 1 aliphatic rings. The Morgan fingerprint density at radius 1 is 1.11 bits per heavy atom. The Kier molecular flexibility index (Phi) is 6.71. The maximum absolute atomic E-state index is 10.3. The van der Waals surface area contributed by atoms with Crippen molar-refractivity contribution in [1.29, 1.82) is 0 Å². The Hall–Kier alpha value is 0.300. The van der Waals surface area contributed by atoms with Crippen molar-refractivity contribution in [2.75, 3.05) is 0 Å². The maximum atomic E-state index is 10.3. The Labute approximate surface area is 134 Å². The van der Waals surface area contributed by atoms with E-state index in [1.165, 1.54) is 0 Å². The van der Waals surface area contributed by atoms with Gasteiger partial charge in [-0.15, -0.1) is 12.4 Å². The van der Waals surface area contributed by atoms with Crippen molar-refractivity contribution in [2.45, 2.75) is 37.8 Å². The lowest BCUT2D eigenvalue weighted by Gasteiger charge is -2.26. The Bertz CT molecular complexity index is 435. The highest BCUT2D eigenvalue weighted by atomic mass is 35.5. The first kappa shape index (κ1) is 17.4. The molecule has 1 aliphatic carbocycles. The molecule has 2 rings (SSSR count). The molecule has 6 heteroatoms. The summed E-state index contributed by atoms with van der Waals surface area (Å²) < 4.78 is 0. The number of aliphatic hydroxyl groups is 1. The number of halogens is 4. The molecule has 0 heterocycles. The van der Waals surface area contributed by atoms with Gasteiger partial charge in [0.15, 0.2) is 0 Å². The van der Waals surface area contributed by atoms with Crippen LogP contribution in [0.15, 0.2) is 12.1 Å². The summed E-state index contributed by atoms with van der Waals surface area (Å²) in [6, 6.07) is 2.70. The molecule has 0 bridgehead atoms. The minimum atomic E-state index is -0.624. The summed E-state index contributed by atoms with van der Waals surface area (Å²) >= 11 is 18.2. The normalized spacial score (nSPS) is 19.0. The number of hydrogen-bond donors (Lipinski definition) is 2. The van der Waals surface area contributed by atoms with E-state index in [9.17, 15) is 5.11 Å². The summed E-state index contributed by atoms with van der Waals surface area (Å²) in [4.78, 5) is 0. The molecule has 1 aromatic rings. The highest BCUT2D eigenvalue weighted by Gasteiger charge is 2.31. The van der Waals surface area contributed by atoms with Crippen molar-refractivity contribution in [3.63, 3.8) is 0 Å². The van der Waals surface area contributed by atoms with Crippen LogP contribution >= 0.6 is 47.2 Å². The van der Waals surface area contributed by atoms with Crippen LogP contribution < -0.4 is 5.73 Å². The molecule has 0 saturated heterocycles. The zero-order valence-corrected chi connectivity index (χ0v) is 13.4. The molecule has 2 atom stereocenters. The molecule has 19 heavy (non-hydrogen) atoms. The Morgan fingerprint density at radius 2 is 1.63 bits per heavy atom. The molecule has 3 N–H and O–H groups in total. The van der Waals surface area contributed by atoms with Crippen molar-refractivity contribution < 1.29 is 5.11 Å². The van der Waals surface area contributed by atoms with Gasteiger partial charge in [-0.3, -0.25) is 0 Å². The highest BCUT2D eigenvalue weighted by molar-refractivity contribution is 6.44. The van der Waals surface area contributed by atoms with Crippen LogP contribution in [0.2, 0.25) is 15.1 Å². The molecule has 108 valence electrons. The van der Waals surface area contributed by atoms with E-state index in [0.717, 1.165) is 25.7 Å². The molecular weight excluding hydrogens is 328 g/mol. The first-order valence-electron chi connectivity index (χ1n) is 6.09. The summed E-state index contributed by atoms with van der Waals surface area (Å²) in [5, 5.41) is 11.5. The van der Waals surface area contributed by atoms with Crippen molar-refractivity contribution in [3.8, 4) is 0 Å². The number of hydrogen-bond acceptors (Lipinski definition) is 2. The highest BCUT2D eigenvalue weighted by Crippen LogP contribution is 2.39. The van der Waals surface area contributed by atoms with Gasteiger partial charge in [-0.05, 0) is 30.9 Å². The van der Waals surface area contributed by atoms with Gasteiger partial charge in [0.05, 0.1) is 22.2 Å². The molecule has 0 aromatic heterocycles. The monoisotopic (exact) mass is 343 g/mol. The average molecular weight is 345 g/mol. The number of nitrogens with two attached hydrogens (primary N) is 1. The van der Waals surface area contributed by atoms with E-state index in [1.807, 2.05) is 0 Å². The van der Waals surface area contributed by atoms with E-state index in [-0.39, 0.29) is 18.3 Å². The maximum Gasteiger partial charge on any atom is 0.0761 e. The topological polar surface area (TPSA) is 46.2 Å². The molecule has 0 unspecified atom stereocenters. The third-order valence-corrected chi connectivity index (χ3v) is 4.81. The molecule has 1 fully saturated rings. The lowest BCUT2D eigenvalue weighted by Crippen LogP contribution is -2.32. The van der Waals surface area contributed by atoms with Crippen molar-refractivity contribution in [2.24, 2.45) is 11.7 Å². The molecule has 1 aromatic carbocycles. The lowest BCUT2D eigenvalue weighted by molar-refractivity contribution is 0.0845. The predicted octanol–water partition coefficient (Wildman–Crippen LogP) is 4.62. The fourth-order valence-corrected chi connectivity index (χ4v) is 3.40. The van der Waals surface area contributed by atoms with Gasteiger partial charge in [-0.2, -0.15) is 0 Å². The zero-order valence-electron chi connectivity index (χ0n) is 10.3. The van der Waals surface area contributed by atoms with E-state index in [1.54, 1.807) is 12.1 Å². The van der Waals surface area contributed by atoms with Crippen LogP contribution in [-0.2, 0) is 0 Å². The Balaban J connectivity index is 0.00000180. The van der Waals surface area contributed by atoms with E-state index in [0.29, 0.717) is 20.6 Å². The lowest BCUT2D eigenvalue weighted by atomic mass is 9.91. The van der Waals surface area contributed by atoms with Gasteiger partial charge in [-0.25, -0.2) is 0 Å². The average Bonchev–Trinajstić information content (AvgIpc) is 2.87. The fourth-order valence-electron chi connectivity index (χ4n) is 2.61. The van der Waals surface area contributed by atoms with E-state index < -0.39 is 12.1 Å². The minimum Gasteiger partial charge on any atom is -0.391 e. The third kappa shape index (κ3) is 3.69. The van der Waals surface area contributed by atoms with Gasteiger partial charge in [0.2, 0.25) is 0 Å². The van der Waals surface area contributed by atoms with Gasteiger partial charge >= 0.3 is 0 Å². The standard InChI is InChI=1S/C13H16Cl3NO.ClH/c14-8-5-6-9(15)11(16)10(8)12(17)13(18)7-3-1-2-4-7;/h5-7,12-13,18H,1-4,17H2;1H/t12-,13+;/m0./s1. The van der Waals surface area contributed by atoms with Gasteiger partial charge in [0.25, 0.3) is 0 Å².